The first kappa shape index (κ1) is 14.0. The van der Waals surface area contributed by atoms with E-state index in [4.69, 9.17) is 4.74 Å². The van der Waals surface area contributed by atoms with Crippen molar-refractivity contribution in [3.63, 3.8) is 0 Å². The predicted molar refractivity (Wildman–Crippen MR) is 77.9 cm³/mol. The van der Waals surface area contributed by atoms with Crippen molar-refractivity contribution >= 4 is 17.2 Å². The monoisotopic (exact) mass is 295 g/mol. The van der Waals surface area contributed by atoms with Crippen LogP contribution in [0, 0.1) is 5.92 Å². The van der Waals surface area contributed by atoms with E-state index in [2.05, 4.69) is 9.88 Å². The molecule has 6 heteroatoms. The molecule has 0 aliphatic carbocycles. The van der Waals surface area contributed by atoms with E-state index in [1.807, 2.05) is 16.5 Å². The molecule has 0 N–H and O–H groups in total. The summed E-state index contributed by atoms with van der Waals surface area (Å²) in [6.07, 6.45) is 2.83. The molecule has 110 valence electrons. The van der Waals surface area contributed by atoms with Crippen LogP contribution in [0.4, 0.5) is 0 Å². The number of carbonyl (C=O) groups excluding carboxylic acids is 1. The topological polar surface area (TPSA) is 45.7 Å². The maximum Gasteiger partial charge on any atom is 0.227 e. The Morgan fingerprint density at radius 1 is 1.50 bits per heavy atom. The summed E-state index contributed by atoms with van der Waals surface area (Å²) in [5.74, 6) is 0.978. The van der Waals surface area contributed by atoms with Gasteiger partial charge in [-0.1, -0.05) is 0 Å². The number of nitrogens with zero attached hydrogens (tertiary/aromatic N) is 3. The van der Waals surface area contributed by atoms with Crippen molar-refractivity contribution in [2.45, 2.75) is 12.3 Å². The van der Waals surface area contributed by atoms with Crippen LogP contribution in [0.25, 0.3) is 0 Å². The van der Waals surface area contributed by atoms with Gasteiger partial charge in [0.25, 0.3) is 0 Å². The van der Waals surface area contributed by atoms with Crippen molar-refractivity contribution < 1.29 is 9.53 Å². The van der Waals surface area contributed by atoms with Gasteiger partial charge in [0, 0.05) is 50.8 Å². The summed E-state index contributed by atoms with van der Waals surface area (Å²) in [6, 6.07) is 0. The molecule has 1 amide bonds. The molecule has 2 aliphatic heterocycles. The van der Waals surface area contributed by atoms with Crippen LogP contribution in [0.1, 0.15) is 17.3 Å². The molecule has 0 bridgehead atoms. The van der Waals surface area contributed by atoms with Crippen LogP contribution < -0.4 is 0 Å². The normalized spacial score (nSPS) is 24.1. The van der Waals surface area contributed by atoms with Crippen LogP contribution in [0.3, 0.4) is 0 Å². The third-order valence-corrected chi connectivity index (χ3v) is 5.17. The summed E-state index contributed by atoms with van der Waals surface area (Å²) in [5, 5.41) is 3.17. The first-order valence-corrected chi connectivity index (χ1v) is 8.05. The standard InChI is InChI=1S/C14H21N3O2S/c1-19-6-5-16-4-2-11(8-16)14(18)17-9-12(10-17)13-15-3-7-20-13/h3,7,11-12H,2,4-6,8-10H2,1H3/t11-/m0/s1. The van der Waals surface area contributed by atoms with Crippen LogP contribution in [-0.2, 0) is 9.53 Å². The summed E-state index contributed by atoms with van der Waals surface area (Å²) < 4.78 is 5.09. The second kappa shape index (κ2) is 6.20. The van der Waals surface area contributed by atoms with Gasteiger partial charge in [-0.25, -0.2) is 4.98 Å². The van der Waals surface area contributed by atoms with Gasteiger partial charge in [0.1, 0.15) is 0 Å². The Morgan fingerprint density at radius 2 is 2.35 bits per heavy atom. The molecule has 2 saturated heterocycles. The maximum absolute atomic E-state index is 12.4. The molecule has 3 heterocycles. The van der Waals surface area contributed by atoms with E-state index in [-0.39, 0.29) is 5.92 Å². The molecule has 3 rings (SSSR count). The van der Waals surface area contributed by atoms with Gasteiger partial charge in [0.15, 0.2) is 0 Å². The summed E-state index contributed by atoms with van der Waals surface area (Å²) in [7, 11) is 1.72. The van der Waals surface area contributed by atoms with Gasteiger partial charge in [0.2, 0.25) is 5.91 Å². The fourth-order valence-corrected chi connectivity index (χ4v) is 3.69. The van der Waals surface area contributed by atoms with Gasteiger partial charge in [0.05, 0.1) is 17.5 Å². The Labute approximate surface area is 123 Å². The zero-order valence-electron chi connectivity index (χ0n) is 11.8. The molecule has 20 heavy (non-hydrogen) atoms. The molecule has 5 nitrogen and oxygen atoms in total. The number of ether oxygens (including phenoxy) is 1. The van der Waals surface area contributed by atoms with Crippen molar-refractivity contribution in [3.8, 4) is 0 Å². The fraction of sp³-hybridized carbons (Fsp3) is 0.714. The minimum Gasteiger partial charge on any atom is -0.383 e. The lowest BCUT2D eigenvalue weighted by Crippen LogP contribution is -2.51. The van der Waals surface area contributed by atoms with Crippen molar-refractivity contribution in [2.24, 2.45) is 5.92 Å². The zero-order chi connectivity index (χ0) is 13.9. The lowest BCUT2D eigenvalue weighted by Gasteiger charge is -2.39. The summed E-state index contributed by atoms with van der Waals surface area (Å²) in [6.45, 7) is 5.28. The largest absolute Gasteiger partial charge is 0.383 e. The van der Waals surface area contributed by atoms with E-state index in [1.54, 1.807) is 18.4 Å². The van der Waals surface area contributed by atoms with E-state index in [1.165, 1.54) is 5.01 Å². The molecule has 1 aromatic rings. The number of hydrogen-bond donors (Lipinski definition) is 0. The lowest BCUT2D eigenvalue weighted by atomic mass is 9.97. The molecule has 2 fully saturated rings. The van der Waals surface area contributed by atoms with Gasteiger partial charge in [-0.2, -0.15) is 0 Å². The van der Waals surface area contributed by atoms with Gasteiger partial charge >= 0.3 is 0 Å². The second-order valence-electron chi connectivity index (χ2n) is 5.59. The molecule has 2 aliphatic rings. The average Bonchev–Trinajstić information content (AvgIpc) is 3.05. The van der Waals surface area contributed by atoms with Crippen molar-refractivity contribution in [2.75, 3.05) is 46.4 Å². The number of thiazole rings is 1. The first-order chi connectivity index (χ1) is 9.78. The number of aromatic nitrogens is 1. The molecule has 0 radical (unpaired) electrons. The Kier molecular flexibility index (Phi) is 4.33. The number of carbonyl (C=O) groups is 1. The van der Waals surface area contributed by atoms with E-state index in [0.717, 1.165) is 45.8 Å². The number of methoxy groups -OCH3 is 1. The summed E-state index contributed by atoms with van der Waals surface area (Å²) >= 11 is 1.69. The van der Waals surface area contributed by atoms with Gasteiger partial charge in [-0.15, -0.1) is 11.3 Å². The maximum atomic E-state index is 12.4. The Morgan fingerprint density at radius 3 is 3.05 bits per heavy atom. The quantitative estimate of drug-likeness (QED) is 0.814. The Hall–Kier alpha value is -0.980. The SMILES string of the molecule is COCCN1CC[C@H](C(=O)N2CC(c3nccs3)C2)C1. The average molecular weight is 295 g/mol. The van der Waals surface area contributed by atoms with Gasteiger partial charge in [-0.05, 0) is 13.0 Å². The van der Waals surface area contributed by atoms with E-state index in [0.29, 0.717) is 11.8 Å². The number of hydrogen-bond acceptors (Lipinski definition) is 5. The minimum absolute atomic E-state index is 0.184. The highest BCUT2D eigenvalue weighted by molar-refractivity contribution is 7.09. The third-order valence-electron chi connectivity index (χ3n) is 4.23. The lowest BCUT2D eigenvalue weighted by molar-refractivity contribution is -0.139. The first-order valence-electron chi connectivity index (χ1n) is 7.17. The molecule has 0 unspecified atom stereocenters. The summed E-state index contributed by atoms with van der Waals surface area (Å²) in [4.78, 5) is 21.1. The van der Waals surface area contributed by atoms with Gasteiger partial charge in [-0.3, -0.25) is 4.79 Å². The van der Waals surface area contributed by atoms with Crippen LogP contribution in [-0.4, -0.2) is 67.1 Å². The van der Waals surface area contributed by atoms with E-state index >= 15 is 0 Å². The smallest absolute Gasteiger partial charge is 0.227 e. The van der Waals surface area contributed by atoms with Gasteiger partial charge < -0.3 is 14.5 Å². The van der Waals surface area contributed by atoms with Crippen LogP contribution >= 0.6 is 11.3 Å². The third kappa shape index (κ3) is 2.87. The molecule has 0 saturated carbocycles. The molecular weight excluding hydrogens is 274 g/mol. The molecular formula is C14H21N3O2S. The number of likely N-dealkylation sites (tertiary alicyclic amines) is 2. The molecule has 1 aromatic heterocycles. The number of amides is 1. The van der Waals surface area contributed by atoms with Crippen LogP contribution in [0.15, 0.2) is 11.6 Å². The Bertz CT molecular complexity index is 445. The molecule has 1 atom stereocenters. The highest BCUT2D eigenvalue weighted by Crippen LogP contribution is 2.30. The van der Waals surface area contributed by atoms with E-state index < -0.39 is 0 Å². The van der Waals surface area contributed by atoms with E-state index in [9.17, 15) is 4.79 Å². The second-order valence-corrected chi connectivity index (χ2v) is 6.52. The predicted octanol–water partition coefficient (Wildman–Crippen LogP) is 1.04. The van der Waals surface area contributed by atoms with Crippen molar-refractivity contribution in [1.82, 2.24) is 14.8 Å². The Balaban J connectivity index is 1.45. The summed E-state index contributed by atoms with van der Waals surface area (Å²) in [5.41, 5.74) is 0. The number of rotatable bonds is 5. The minimum atomic E-state index is 0.184. The van der Waals surface area contributed by atoms with Crippen LogP contribution in [0.5, 0.6) is 0 Å². The van der Waals surface area contributed by atoms with Crippen LogP contribution in [0.2, 0.25) is 0 Å². The molecule has 0 aromatic carbocycles. The van der Waals surface area contributed by atoms with Crippen molar-refractivity contribution in [3.05, 3.63) is 16.6 Å². The van der Waals surface area contributed by atoms with Crippen molar-refractivity contribution in [1.29, 1.82) is 0 Å². The highest BCUT2D eigenvalue weighted by atomic mass is 32.1. The highest BCUT2D eigenvalue weighted by Gasteiger charge is 2.38. The zero-order valence-corrected chi connectivity index (χ0v) is 12.6. The molecule has 0 spiro atoms. The fourth-order valence-electron chi connectivity index (χ4n) is 2.97.